The maximum atomic E-state index is 12.4. The van der Waals surface area contributed by atoms with Gasteiger partial charge >= 0.3 is 5.97 Å². The Morgan fingerprint density at radius 1 is 1.20 bits per heavy atom. The second-order valence-corrected chi connectivity index (χ2v) is 6.19. The number of carbonyl (C=O) groups is 2. The van der Waals surface area contributed by atoms with Gasteiger partial charge < -0.3 is 10.0 Å². The summed E-state index contributed by atoms with van der Waals surface area (Å²) in [6.07, 6.45) is 6.82. The Morgan fingerprint density at radius 2 is 1.80 bits per heavy atom. The summed E-state index contributed by atoms with van der Waals surface area (Å²) >= 11 is 0. The van der Waals surface area contributed by atoms with Crippen molar-refractivity contribution in [2.45, 2.75) is 51.5 Å². The highest BCUT2D eigenvalue weighted by molar-refractivity contribution is 5.78. The maximum absolute atomic E-state index is 12.4. The molecular formula is C15H26N2O3. The van der Waals surface area contributed by atoms with Gasteiger partial charge in [-0.25, -0.2) is 0 Å². The fraction of sp³-hybridized carbons (Fsp3) is 0.867. The monoisotopic (exact) mass is 282 g/mol. The molecule has 1 unspecified atom stereocenters. The SMILES string of the molecule is CC(CN(CC(=O)N1CCCCCC1)C1CC1)C(=O)O. The Bertz CT molecular complexity index is 347. The number of carbonyl (C=O) groups excluding carboxylic acids is 1. The third kappa shape index (κ3) is 4.47. The highest BCUT2D eigenvalue weighted by Crippen LogP contribution is 2.27. The lowest BCUT2D eigenvalue weighted by Crippen LogP contribution is -2.43. The van der Waals surface area contributed by atoms with Crippen LogP contribution in [0.5, 0.6) is 0 Å². The predicted molar refractivity (Wildman–Crippen MR) is 76.4 cm³/mol. The van der Waals surface area contributed by atoms with Crippen LogP contribution in [-0.2, 0) is 9.59 Å². The molecule has 2 aliphatic rings. The number of rotatable bonds is 6. The summed E-state index contributed by atoms with van der Waals surface area (Å²) in [7, 11) is 0. The molecule has 0 spiro atoms. The van der Waals surface area contributed by atoms with E-state index in [1.54, 1.807) is 6.92 Å². The standard InChI is InChI=1S/C15H26N2O3/c1-12(15(19)20)10-17(13-6-7-13)11-14(18)16-8-4-2-3-5-9-16/h12-13H,2-11H2,1H3,(H,19,20). The molecule has 1 N–H and O–H groups in total. The van der Waals surface area contributed by atoms with Crippen molar-refractivity contribution >= 4 is 11.9 Å². The summed E-state index contributed by atoms with van der Waals surface area (Å²) in [4.78, 5) is 27.4. The van der Waals surface area contributed by atoms with Crippen molar-refractivity contribution < 1.29 is 14.7 Å². The van der Waals surface area contributed by atoms with Crippen LogP contribution in [0.4, 0.5) is 0 Å². The first-order valence-electron chi connectivity index (χ1n) is 7.82. The molecule has 0 radical (unpaired) electrons. The minimum Gasteiger partial charge on any atom is -0.481 e. The van der Waals surface area contributed by atoms with Gasteiger partial charge in [-0.1, -0.05) is 19.8 Å². The van der Waals surface area contributed by atoms with Crippen molar-refractivity contribution in [3.05, 3.63) is 0 Å². The third-order valence-corrected chi connectivity index (χ3v) is 4.29. The summed E-state index contributed by atoms with van der Waals surface area (Å²) in [6.45, 7) is 4.33. The zero-order valence-electron chi connectivity index (χ0n) is 12.4. The molecule has 0 bridgehead atoms. The fourth-order valence-corrected chi connectivity index (χ4v) is 2.81. The third-order valence-electron chi connectivity index (χ3n) is 4.29. The number of carboxylic acid groups (broad SMARTS) is 1. The molecule has 1 saturated carbocycles. The minimum atomic E-state index is -0.780. The van der Waals surface area contributed by atoms with Crippen LogP contribution in [0.15, 0.2) is 0 Å². The number of hydrogen-bond acceptors (Lipinski definition) is 3. The van der Waals surface area contributed by atoms with E-state index in [4.69, 9.17) is 5.11 Å². The van der Waals surface area contributed by atoms with Crippen LogP contribution in [0.1, 0.15) is 45.4 Å². The Morgan fingerprint density at radius 3 is 2.30 bits per heavy atom. The fourth-order valence-electron chi connectivity index (χ4n) is 2.81. The summed E-state index contributed by atoms with van der Waals surface area (Å²) in [5, 5.41) is 9.03. The number of carboxylic acids is 1. The Kier molecular flexibility index (Phi) is 5.40. The lowest BCUT2D eigenvalue weighted by Gasteiger charge is -2.27. The molecule has 114 valence electrons. The van der Waals surface area contributed by atoms with Gasteiger partial charge in [0.1, 0.15) is 0 Å². The van der Waals surface area contributed by atoms with Gasteiger partial charge in [0.15, 0.2) is 0 Å². The van der Waals surface area contributed by atoms with E-state index in [0.29, 0.717) is 19.1 Å². The highest BCUT2D eigenvalue weighted by atomic mass is 16.4. The van der Waals surface area contributed by atoms with Gasteiger partial charge in [0.2, 0.25) is 5.91 Å². The Hall–Kier alpha value is -1.10. The first kappa shape index (κ1) is 15.3. The molecule has 1 aliphatic heterocycles. The quantitative estimate of drug-likeness (QED) is 0.803. The lowest BCUT2D eigenvalue weighted by molar-refractivity contribution is -0.143. The molecule has 0 aromatic rings. The molecule has 5 heteroatoms. The molecule has 5 nitrogen and oxygen atoms in total. The van der Waals surface area contributed by atoms with Gasteiger partial charge in [-0.15, -0.1) is 0 Å². The number of nitrogens with zero attached hydrogens (tertiary/aromatic N) is 2. The molecule has 0 aromatic heterocycles. The van der Waals surface area contributed by atoms with Crippen LogP contribution in [-0.4, -0.2) is 59.0 Å². The van der Waals surface area contributed by atoms with Gasteiger partial charge in [0.25, 0.3) is 0 Å². The van der Waals surface area contributed by atoms with E-state index in [0.717, 1.165) is 38.8 Å². The topological polar surface area (TPSA) is 60.9 Å². The van der Waals surface area contributed by atoms with E-state index in [2.05, 4.69) is 4.90 Å². The zero-order chi connectivity index (χ0) is 14.5. The second kappa shape index (κ2) is 7.07. The van der Waals surface area contributed by atoms with Crippen molar-refractivity contribution in [3.8, 4) is 0 Å². The summed E-state index contributed by atoms with van der Waals surface area (Å²) in [5.74, 6) is -1.01. The van der Waals surface area contributed by atoms with E-state index in [1.807, 2.05) is 4.90 Å². The van der Waals surface area contributed by atoms with Gasteiger partial charge in [-0.05, 0) is 25.7 Å². The van der Waals surface area contributed by atoms with Gasteiger partial charge in [-0.2, -0.15) is 0 Å². The minimum absolute atomic E-state index is 0.177. The predicted octanol–water partition coefficient (Wildman–Crippen LogP) is 1.57. The maximum Gasteiger partial charge on any atom is 0.307 e. The molecule has 2 rings (SSSR count). The molecule has 1 atom stereocenters. The molecule has 20 heavy (non-hydrogen) atoms. The van der Waals surface area contributed by atoms with E-state index in [-0.39, 0.29) is 5.91 Å². The van der Waals surface area contributed by atoms with E-state index >= 15 is 0 Å². The lowest BCUT2D eigenvalue weighted by atomic mass is 10.1. The van der Waals surface area contributed by atoms with Crippen LogP contribution >= 0.6 is 0 Å². The normalized spacial score (nSPS) is 21.6. The van der Waals surface area contributed by atoms with Crippen molar-refractivity contribution in [2.24, 2.45) is 5.92 Å². The molecular weight excluding hydrogens is 256 g/mol. The molecule has 1 amide bonds. The first-order chi connectivity index (χ1) is 9.58. The van der Waals surface area contributed by atoms with E-state index in [9.17, 15) is 9.59 Å². The molecule has 1 saturated heterocycles. The zero-order valence-corrected chi connectivity index (χ0v) is 12.4. The molecule has 1 heterocycles. The number of likely N-dealkylation sites (tertiary alicyclic amines) is 1. The summed E-state index contributed by atoms with van der Waals surface area (Å²) < 4.78 is 0. The second-order valence-electron chi connectivity index (χ2n) is 6.19. The van der Waals surface area contributed by atoms with Crippen molar-refractivity contribution in [1.29, 1.82) is 0 Å². The highest BCUT2D eigenvalue weighted by Gasteiger charge is 2.33. The Balaban J connectivity index is 1.86. The summed E-state index contributed by atoms with van der Waals surface area (Å²) in [6, 6.07) is 0.424. The van der Waals surface area contributed by atoms with Gasteiger partial charge in [-0.3, -0.25) is 14.5 Å². The largest absolute Gasteiger partial charge is 0.481 e. The van der Waals surface area contributed by atoms with E-state index < -0.39 is 11.9 Å². The van der Waals surface area contributed by atoms with Crippen molar-refractivity contribution in [3.63, 3.8) is 0 Å². The number of hydrogen-bond donors (Lipinski definition) is 1. The average molecular weight is 282 g/mol. The van der Waals surface area contributed by atoms with Crippen LogP contribution in [0.2, 0.25) is 0 Å². The van der Waals surface area contributed by atoms with Crippen molar-refractivity contribution in [2.75, 3.05) is 26.2 Å². The van der Waals surface area contributed by atoms with Crippen LogP contribution < -0.4 is 0 Å². The summed E-state index contributed by atoms with van der Waals surface area (Å²) in [5.41, 5.74) is 0. The van der Waals surface area contributed by atoms with Crippen LogP contribution in [0.3, 0.4) is 0 Å². The Labute approximate surface area is 120 Å². The molecule has 1 aliphatic carbocycles. The van der Waals surface area contributed by atoms with Crippen LogP contribution in [0, 0.1) is 5.92 Å². The average Bonchev–Trinajstić information content (AvgIpc) is 3.24. The first-order valence-corrected chi connectivity index (χ1v) is 7.82. The van der Waals surface area contributed by atoms with Crippen molar-refractivity contribution in [1.82, 2.24) is 9.80 Å². The van der Waals surface area contributed by atoms with E-state index in [1.165, 1.54) is 12.8 Å². The molecule has 2 fully saturated rings. The molecule has 0 aromatic carbocycles. The van der Waals surface area contributed by atoms with Gasteiger partial charge in [0, 0.05) is 25.7 Å². The van der Waals surface area contributed by atoms with Crippen LogP contribution in [0.25, 0.3) is 0 Å². The van der Waals surface area contributed by atoms with Gasteiger partial charge in [0.05, 0.1) is 12.5 Å². The smallest absolute Gasteiger partial charge is 0.307 e. The number of amides is 1. The number of aliphatic carboxylic acids is 1.